The van der Waals surface area contributed by atoms with Gasteiger partial charge in [0.05, 0.1) is 13.2 Å². The highest BCUT2D eigenvalue weighted by atomic mass is 16.5. The Kier molecular flexibility index (Phi) is 6.37. The first kappa shape index (κ1) is 19.5. The lowest BCUT2D eigenvalue weighted by atomic mass is 10.0. The monoisotopic (exact) mass is 383 g/mol. The van der Waals surface area contributed by atoms with Crippen LogP contribution >= 0.6 is 0 Å². The van der Waals surface area contributed by atoms with Gasteiger partial charge in [-0.2, -0.15) is 0 Å². The molecule has 3 N–H and O–H groups in total. The lowest BCUT2D eigenvalue weighted by Gasteiger charge is -2.22. The van der Waals surface area contributed by atoms with Gasteiger partial charge in [0.15, 0.2) is 11.5 Å². The largest absolute Gasteiger partial charge is 0.490 e. The molecular formula is C21H25N3O4. The fourth-order valence-electron chi connectivity index (χ4n) is 2.83. The molecule has 3 rings (SSSR count). The van der Waals surface area contributed by atoms with E-state index < -0.39 is 12.1 Å². The zero-order valence-electron chi connectivity index (χ0n) is 16.0. The van der Waals surface area contributed by atoms with Crippen LogP contribution in [0.3, 0.4) is 0 Å². The number of ether oxygens (including phenoxy) is 2. The van der Waals surface area contributed by atoms with E-state index in [-0.39, 0.29) is 11.8 Å². The zero-order valence-corrected chi connectivity index (χ0v) is 16.0. The molecule has 148 valence electrons. The molecule has 1 aliphatic rings. The number of amides is 3. The van der Waals surface area contributed by atoms with E-state index in [0.29, 0.717) is 36.1 Å². The van der Waals surface area contributed by atoms with Gasteiger partial charge in [-0.05, 0) is 30.2 Å². The van der Waals surface area contributed by atoms with Crippen LogP contribution in [0.2, 0.25) is 0 Å². The van der Waals surface area contributed by atoms with Crippen LogP contribution in [0, 0.1) is 5.92 Å². The quantitative estimate of drug-likeness (QED) is 0.736. The molecule has 0 radical (unpaired) electrons. The van der Waals surface area contributed by atoms with Gasteiger partial charge in [-0.1, -0.05) is 32.0 Å². The van der Waals surface area contributed by atoms with Gasteiger partial charge in [0, 0.05) is 23.9 Å². The summed E-state index contributed by atoms with van der Waals surface area (Å²) in [5.74, 6) is 0.872. The van der Waals surface area contributed by atoms with Crippen LogP contribution in [0.15, 0.2) is 48.5 Å². The van der Waals surface area contributed by atoms with Crippen molar-refractivity contribution in [2.75, 3.05) is 23.8 Å². The smallest absolute Gasteiger partial charge is 0.319 e. The summed E-state index contributed by atoms with van der Waals surface area (Å²) in [4.78, 5) is 25.0. The summed E-state index contributed by atoms with van der Waals surface area (Å²) < 4.78 is 11.3. The predicted molar refractivity (Wildman–Crippen MR) is 108 cm³/mol. The number of carbonyl (C=O) groups is 2. The highest BCUT2D eigenvalue weighted by molar-refractivity contribution is 5.99. The average molecular weight is 383 g/mol. The molecule has 7 heteroatoms. The molecule has 2 aromatic carbocycles. The number of rotatable bonds is 5. The lowest BCUT2D eigenvalue weighted by molar-refractivity contribution is -0.118. The number of urea groups is 1. The first-order chi connectivity index (χ1) is 13.5. The summed E-state index contributed by atoms with van der Waals surface area (Å²) >= 11 is 0. The van der Waals surface area contributed by atoms with Gasteiger partial charge in [-0.3, -0.25) is 4.79 Å². The summed E-state index contributed by atoms with van der Waals surface area (Å²) in [5.41, 5.74) is 1.25. The molecule has 1 atom stereocenters. The zero-order chi connectivity index (χ0) is 19.9. The van der Waals surface area contributed by atoms with Crippen LogP contribution in [0.25, 0.3) is 0 Å². The molecule has 0 saturated heterocycles. The molecule has 1 heterocycles. The Bertz CT molecular complexity index is 824. The van der Waals surface area contributed by atoms with Gasteiger partial charge >= 0.3 is 6.03 Å². The third-order valence-electron chi connectivity index (χ3n) is 4.28. The SMILES string of the molecule is CC(C)[C@@H](NC(=O)Nc1ccccc1)C(=O)Nc1ccc2c(c1)OCCCO2. The van der Waals surface area contributed by atoms with Crippen molar-refractivity contribution in [3.05, 3.63) is 48.5 Å². The van der Waals surface area contributed by atoms with E-state index in [0.717, 1.165) is 6.42 Å². The highest BCUT2D eigenvalue weighted by Crippen LogP contribution is 2.32. The second-order valence-corrected chi connectivity index (χ2v) is 6.89. The molecular weight excluding hydrogens is 358 g/mol. The molecule has 0 unspecified atom stereocenters. The topological polar surface area (TPSA) is 88.7 Å². The van der Waals surface area contributed by atoms with Crippen molar-refractivity contribution in [1.29, 1.82) is 0 Å². The Hall–Kier alpha value is -3.22. The van der Waals surface area contributed by atoms with Gasteiger partial charge in [-0.25, -0.2) is 4.79 Å². The van der Waals surface area contributed by atoms with Crippen molar-refractivity contribution in [1.82, 2.24) is 5.32 Å². The van der Waals surface area contributed by atoms with Gasteiger partial charge in [-0.15, -0.1) is 0 Å². The molecule has 7 nitrogen and oxygen atoms in total. The molecule has 28 heavy (non-hydrogen) atoms. The van der Waals surface area contributed by atoms with Gasteiger partial charge in [0.2, 0.25) is 5.91 Å². The minimum absolute atomic E-state index is 0.0954. The third-order valence-corrected chi connectivity index (χ3v) is 4.28. The maximum absolute atomic E-state index is 12.8. The van der Waals surface area contributed by atoms with E-state index >= 15 is 0 Å². The standard InChI is InChI=1S/C21H25N3O4/c1-14(2)19(24-21(26)23-15-7-4-3-5-8-15)20(25)22-16-9-10-17-18(13-16)28-12-6-11-27-17/h3-5,7-10,13-14,19H,6,11-12H2,1-2H3,(H,22,25)(H2,23,24,26)/t19-/m1/s1. The average Bonchev–Trinajstić information content (AvgIpc) is 2.91. The van der Waals surface area contributed by atoms with Crippen molar-refractivity contribution in [2.45, 2.75) is 26.3 Å². The van der Waals surface area contributed by atoms with E-state index in [1.807, 2.05) is 32.0 Å². The number of hydrogen-bond acceptors (Lipinski definition) is 4. The minimum atomic E-state index is -0.695. The maximum atomic E-state index is 12.8. The number of carbonyl (C=O) groups excluding carboxylic acids is 2. The number of benzene rings is 2. The number of anilines is 2. The second kappa shape index (κ2) is 9.12. The number of nitrogens with one attached hydrogen (secondary N) is 3. The van der Waals surface area contributed by atoms with Crippen molar-refractivity contribution >= 4 is 23.3 Å². The third kappa shape index (κ3) is 5.16. The van der Waals surface area contributed by atoms with Crippen LogP contribution in [0.5, 0.6) is 11.5 Å². The van der Waals surface area contributed by atoms with Gasteiger partial charge in [0.1, 0.15) is 6.04 Å². The first-order valence-corrected chi connectivity index (χ1v) is 9.36. The summed E-state index contributed by atoms with van der Waals surface area (Å²) in [6.07, 6.45) is 0.812. The van der Waals surface area contributed by atoms with E-state index in [1.54, 1.807) is 30.3 Å². The molecule has 0 fully saturated rings. The Balaban J connectivity index is 1.64. The van der Waals surface area contributed by atoms with Crippen LogP contribution in [-0.2, 0) is 4.79 Å². The van der Waals surface area contributed by atoms with Crippen LogP contribution in [0.1, 0.15) is 20.3 Å². The fraction of sp³-hybridized carbons (Fsp3) is 0.333. The molecule has 2 aromatic rings. The lowest BCUT2D eigenvalue weighted by Crippen LogP contribution is -2.48. The Morgan fingerprint density at radius 1 is 0.893 bits per heavy atom. The highest BCUT2D eigenvalue weighted by Gasteiger charge is 2.25. The summed E-state index contributed by atoms with van der Waals surface area (Å²) in [6.45, 7) is 4.93. The maximum Gasteiger partial charge on any atom is 0.319 e. The fourth-order valence-corrected chi connectivity index (χ4v) is 2.83. The first-order valence-electron chi connectivity index (χ1n) is 9.36. The predicted octanol–water partition coefficient (Wildman–Crippen LogP) is 3.63. The molecule has 0 aromatic heterocycles. The van der Waals surface area contributed by atoms with E-state index in [9.17, 15) is 9.59 Å². The van der Waals surface area contributed by atoms with E-state index in [4.69, 9.17) is 9.47 Å². The summed E-state index contributed by atoms with van der Waals surface area (Å²) in [7, 11) is 0. The van der Waals surface area contributed by atoms with E-state index in [1.165, 1.54) is 0 Å². The molecule has 0 aliphatic carbocycles. The van der Waals surface area contributed by atoms with Crippen LogP contribution in [0.4, 0.5) is 16.2 Å². The van der Waals surface area contributed by atoms with Crippen molar-refractivity contribution < 1.29 is 19.1 Å². The molecule has 0 saturated carbocycles. The van der Waals surface area contributed by atoms with Crippen LogP contribution < -0.4 is 25.4 Å². The van der Waals surface area contributed by atoms with Crippen LogP contribution in [-0.4, -0.2) is 31.2 Å². The Morgan fingerprint density at radius 3 is 2.32 bits per heavy atom. The Morgan fingerprint density at radius 2 is 1.61 bits per heavy atom. The van der Waals surface area contributed by atoms with Crippen molar-refractivity contribution in [3.8, 4) is 11.5 Å². The number of hydrogen-bond donors (Lipinski definition) is 3. The summed E-state index contributed by atoms with van der Waals surface area (Å²) in [5, 5.41) is 8.31. The van der Waals surface area contributed by atoms with Crippen molar-refractivity contribution in [2.24, 2.45) is 5.92 Å². The molecule has 0 bridgehead atoms. The van der Waals surface area contributed by atoms with Crippen molar-refractivity contribution in [3.63, 3.8) is 0 Å². The van der Waals surface area contributed by atoms with E-state index in [2.05, 4.69) is 16.0 Å². The Labute approximate surface area is 164 Å². The molecule has 0 spiro atoms. The summed E-state index contributed by atoms with van der Waals surface area (Å²) in [6, 6.07) is 13.2. The normalized spacial score (nSPS) is 14.0. The molecule has 1 aliphatic heterocycles. The van der Waals surface area contributed by atoms with Gasteiger partial charge in [0.25, 0.3) is 0 Å². The second-order valence-electron chi connectivity index (χ2n) is 6.89. The molecule has 3 amide bonds. The number of para-hydroxylation sites is 1. The van der Waals surface area contributed by atoms with Gasteiger partial charge < -0.3 is 25.4 Å². The minimum Gasteiger partial charge on any atom is -0.490 e. The number of fused-ring (bicyclic) bond motifs is 1.